The van der Waals surface area contributed by atoms with Crippen molar-refractivity contribution in [3.05, 3.63) is 0 Å². The van der Waals surface area contributed by atoms with Crippen molar-refractivity contribution in [2.24, 2.45) is 0 Å². The molecule has 0 aliphatic heterocycles. The average molecular weight is 257 g/mol. The highest BCUT2D eigenvalue weighted by atomic mass is 32.1. The number of ether oxygens (including phenoxy) is 1. The van der Waals surface area contributed by atoms with E-state index in [9.17, 15) is 0 Å². The number of nitrogens with one attached hydrogen (secondary N) is 1. The predicted molar refractivity (Wildman–Crippen MR) is 74.9 cm³/mol. The van der Waals surface area contributed by atoms with Crippen molar-refractivity contribution in [3.63, 3.8) is 0 Å². The Morgan fingerprint density at radius 2 is 2.18 bits per heavy atom. The van der Waals surface area contributed by atoms with Gasteiger partial charge in [0.1, 0.15) is 0 Å². The fraction of sp³-hybridized carbons (Fsp3) is 0.750. The smallest absolute Gasteiger partial charge is 0.197 e. The highest BCUT2D eigenvalue weighted by molar-refractivity contribution is 7.11. The summed E-state index contributed by atoms with van der Waals surface area (Å²) in [4.78, 5) is 0. The van der Waals surface area contributed by atoms with Crippen LogP contribution in [-0.4, -0.2) is 17.0 Å². The first-order valence-corrected chi connectivity index (χ1v) is 7.10. The zero-order valence-electron chi connectivity index (χ0n) is 11.0. The van der Waals surface area contributed by atoms with Gasteiger partial charge in [-0.25, -0.2) is 0 Å². The molecule has 1 aromatic rings. The molecule has 0 amide bonds. The van der Waals surface area contributed by atoms with Gasteiger partial charge in [0.15, 0.2) is 16.6 Å². The Bertz CT molecular complexity index is 328. The number of rotatable bonds is 8. The minimum atomic E-state index is 0.431. The first kappa shape index (κ1) is 14.1. The molecule has 0 saturated heterocycles. The van der Waals surface area contributed by atoms with Gasteiger partial charge in [0, 0.05) is 6.04 Å². The van der Waals surface area contributed by atoms with Gasteiger partial charge in [-0.15, -0.1) is 0 Å². The summed E-state index contributed by atoms with van der Waals surface area (Å²) in [6.07, 6.45) is 4.96. The van der Waals surface area contributed by atoms with Gasteiger partial charge in [-0.3, -0.25) is 0 Å². The van der Waals surface area contributed by atoms with Gasteiger partial charge in [0.05, 0.1) is 6.61 Å². The predicted octanol–water partition coefficient (Wildman–Crippen LogP) is 3.50. The molecule has 0 aromatic carbocycles. The molecule has 1 rings (SSSR count). The van der Waals surface area contributed by atoms with Gasteiger partial charge < -0.3 is 15.8 Å². The van der Waals surface area contributed by atoms with Crippen LogP contribution in [0.5, 0.6) is 5.75 Å². The van der Waals surface area contributed by atoms with E-state index in [-0.39, 0.29) is 0 Å². The molecule has 0 aliphatic rings. The molecule has 1 aromatic heterocycles. The maximum Gasteiger partial charge on any atom is 0.197 e. The zero-order chi connectivity index (χ0) is 12.7. The molecule has 0 aliphatic carbocycles. The molecule has 1 atom stereocenters. The number of anilines is 2. The number of nitrogens with two attached hydrogens (primary N) is 1. The number of nitrogen functional groups attached to an aromatic ring is 1. The van der Waals surface area contributed by atoms with Crippen LogP contribution < -0.4 is 15.8 Å². The summed E-state index contributed by atoms with van der Waals surface area (Å²) in [6.45, 7) is 6.96. The molecular formula is C12H23N3OS. The fourth-order valence-corrected chi connectivity index (χ4v) is 2.44. The van der Waals surface area contributed by atoms with Crippen LogP contribution in [0.25, 0.3) is 0 Å². The molecule has 17 heavy (non-hydrogen) atoms. The van der Waals surface area contributed by atoms with Crippen molar-refractivity contribution in [1.29, 1.82) is 0 Å². The van der Waals surface area contributed by atoms with Crippen LogP contribution in [0.3, 0.4) is 0 Å². The summed E-state index contributed by atoms with van der Waals surface area (Å²) in [5.74, 6) is 1.19. The normalized spacial score (nSPS) is 12.4. The Morgan fingerprint density at radius 3 is 2.82 bits per heavy atom. The third kappa shape index (κ3) is 4.42. The van der Waals surface area contributed by atoms with Gasteiger partial charge >= 0.3 is 0 Å². The number of unbranched alkanes of at least 4 members (excludes halogenated alkanes) is 2. The summed E-state index contributed by atoms with van der Waals surface area (Å²) in [7, 11) is 0. The van der Waals surface area contributed by atoms with Gasteiger partial charge in [-0.2, -0.15) is 4.37 Å². The highest BCUT2D eigenvalue weighted by Crippen LogP contribution is 2.35. The number of aromatic nitrogens is 1. The summed E-state index contributed by atoms with van der Waals surface area (Å²) in [6, 6.07) is 0.431. The topological polar surface area (TPSA) is 60.2 Å². The minimum absolute atomic E-state index is 0.431. The van der Waals surface area contributed by atoms with Crippen LogP contribution >= 0.6 is 11.5 Å². The van der Waals surface area contributed by atoms with Crippen molar-refractivity contribution in [1.82, 2.24) is 4.37 Å². The van der Waals surface area contributed by atoms with E-state index < -0.39 is 0 Å². The van der Waals surface area contributed by atoms with Crippen molar-refractivity contribution in [3.8, 4) is 5.75 Å². The van der Waals surface area contributed by atoms with Gasteiger partial charge in [-0.1, -0.05) is 26.2 Å². The third-order valence-corrected chi connectivity index (χ3v) is 3.35. The molecule has 4 nitrogen and oxygen atoms in total. The molecule has 1 heterocycles. The molecule has 3 N–H and O–H groups in total. The van der Waals surface area contributed by atoms with Gasteiger partial charge in [0.2, 0.25) is 0 Å². The first-order chi connectivity index (χ1) is 8.19. The molecule has 1 unspecified atom stereocenters. The van der Waals surface area contributed by atoms with Crippen LogP contribution in [0.2, 0.25) is 0 Å². The lowest BCUT2D eigenvalue weighted by Gasteiger charge is -2.14. The Morgan fingerprint density at radius 1 is 1.41 bits per heavy atom. The lowest BCUT2D eigenvalue weighted by molar-refractivity contribution is 0.344. The summed E-state index contributed by atoms with van der Waals surface area (Å²) in [5, 5.41) is 4.38. The second-order valence-corrected chi connectivity index (χ2v) is 4.97. The van der Waals surface area contributed by atoms with E-state index in [0.717, 1.165) is 11.4 Å². The monoisotopic (exact) mass is 257 g/mol. The van der Waals surface area contributed by atoms with E-state index >= 15 is 0 Å². The van der Waals surface area contributed by atoms with Crippen LogP contribution in [-0.2, 0) is 0 Å². The second kappa shape index (κ2) is 7.37. The lowest BCUT2D eigenvalue weighted by Crippen LogP contribution is -2.14. The van der Waals surface area contributed by atoms with E-state index in [1.165, 1.54) is 30.8 Å². The third-order valence-electron chi connectivity index (χ3n) is 2.58. The van der Waals surface area contributed by atoms with E-state index in [4.69, 9.17) is 10.5 Å². The van der Waals surface area contributed by atoms with Crippen molar-refractivity contribution in [2.75, 3.05) is 17.7 Å². The SMILES string of the molecule is CCCCCC(C)Nc1snc(N)c1OCC. The maximum absolute atomic E-state index is 5.76. The molecule has 0 fully saturated rings. The second-order valence-electron chi connectivity index (χ2n) is 4.20. The van der Waals surface area contributed by atoms with Gasteiger partial charge in [-0.05, 0) is 31.8 Å². The molecule has 5 heteroatoms. The Balaban J connectivity index is 2.49. The van der Waals surface area contributed by atoms with E-state index in [1.54, 1.807) is 0 Å². The molecular weight excluding hydrogens is 234 g/mol. The quantitative estimate of drug-likeness (QED) is 0.700. The Labute approximate surface area is 108 Å². The van der Waals surface area contributed by atoms with Crippen molar-refractivity contribution < 1.29 is 4.74 Å². The molecule has 0 radical (unpaired) electrons. The first-order valence-electron chi connectivity index (χ1n) is 6.33. The van der Waals surface area contributed by atoms with E-state index in [1.807, 2.05) is 6.92 Å². The highest BCUT2D eigenvalue weighted by Gasteiger charge is 2.14. The molecule has 98 valence electrons. The molecule has 0 saturated carbocycles. The largest absolute Gasteiger partial charge is 0.487 e. The van der Waals surface area contributed by atoms with Crippen molar-refractivity contribution >= 4 is 22.4 Å². The molecule has 0 bridgehead atoms. The standard InChI is InChI=1S/C12H23N3OS/c1-4-6-7-8-9(3)14-12-10(16-5-2)11(13)15-17-12/h9,14H,4-8H2,1-3H3,(H2,13,15). The number of hydrogen-bond acceptors (Lipinski definition) is 5. The Hall–Kier alpha value is -0.970. The minimum Gasteiger partial charge on any atom is -0.487 e. The number of hydrogen-bond donors (Lipinski definition) is 2. The summed E-state index contributed by atoms with van der Waals surface area (Å²) >= 11 is 1.37. The Kier molecular flexibility index (Phi) is 6.11. The van der Waals surface area contributed by atoms with Crippen molar-refractivity contribution in [2.45, 2.75) is 52.5 Å². The summed E-state index contributed by atoms with van der Waals surface area (Å²) in [5.41, 5.74) is 5.76. The van der Waals surface area contributed by atoms with Crippen LogP contribution in [0.1, 0.15) is 46.5 Å². The van der Waals surface area contributed by atoms with E-state index in [2.05, 4.69) is 23.5 Å². The fourth-order valence-electron chi connectivity index (χ4n) is 1.67. The number of nitrogens with zero attached hydrogens (tertiary/aromatic N) is 1. The lowest BCUT2D eigenvalue weighted by atomic mass is 10.1. The van der Waals surface area contributed by atoms with Crippen LogP contribution in [0.15, 0.2) is 0 Å². The molecule has 0 spiro atoms. The van der Waals surface area contributed by atoms with Crippen LogP contribution in [0, 0.1) is 0 Å². The van der Waals surface area contributed by atoms with E-state index in [0.29, 0.717) is 24.2 Å². The summed E-state index contributed by atoms with van der Waals surface area (Å²) < 4.78 is 9.61. The van der Waals surface area contributed by atoms with Crippen LogP contribution in [0.4, 0.5) is 10.8 Å². The average Bonchev–Trinajstić information content (AvgIpc) is 2.62. The van der Waals surface area contributed by atoms with Gasteiger partial charge in [0.25, 0.3) is 0 Å². The maximum atomic E-state index is 5.76. The zero-order valence-corrected chi connectivity index (χ0v) is 11.8.